The van der Waals surface area contributed by atoms with E-state index in [-0.39, 0.29) is 26.1 Å². The highest BCUT2D eigenvalue weighted by molar-refractivity contribution is 4.80. The predicted octanol–water partition coefficient (Wildman–Crippen LogP) is -1.58. The first-order valence-corrected chi connectivity index (χ1v) is 5.03. The van der Waals surface area contributed by atoms with E-state index in [1.165, 1.54) is 0 Å². The Morgan fingerprint density at radius 1 is 1.14 bits per heavy atom. The highest BCUT2D eigenvalue weighted by atomic mass is 16.3. The molecule has 0 radical (unpaired) electrons. The number of nitrogens with two attached hydrogens (primary N) is 1. The minimum absolute atomic E-state index is 0.0743. The van der Waals surface area contributed by atoms with Crippen molar-refractivity contribution in [2.75, 3.05) is 32.8 Å². The average molecular weight is 206 g/mol. The van der Waals surface area contributed by atoms with Gasteiger partial charge >= 0.3 is 0 Å². The third kappa shape index (κ3) is 6.28. The molecule has 0 fully saturated rings. The van der Waals surface area contributed by atoms with Gasteiger partial charge in [0.15, 0.2) is 0 Å². The van der Waals surface area contributed by atoms with Gasteiger partial charge in [-0.05, 0) is 19.5 Å². The molecule has 0 aromatic heterocycles. The average Bonchev–Trinajstić information content (AvgIpc) is 2.13. The van der Waals surface area contributed by atoms with Crippen molar-refractivity contribution in [2.24, 2.45) is 5.73 Å². The number of hydrogen-bond acceptors (Lipinski definition) is 5. The maximum absolute atomic E-state index is 9.90. The first-order chi connectivity index (χ1) is 6.68. The van der Waals surface area contributed by atoms with Crippen molar-refractivity contribution in [2.45, 2.75) is 24.9 Å². The lowest BCUT2D eigenvalue weighted by Crippen LogP contribution is -2.42. The first-order valence-electron chi connectivity index (χ1n) is 5.03. The lowest BCUT2D eigenvalue weighted by atomic mass is 9.96. The van der Waals surface area contributed by atoms with Crippen molar-refractivity contribution in [3.05, 3.63) is 0 Å². The van der Waals surface area contributed by atoms with Gasteiger partial charge in [0, 0.05) is 32.6 Å². The van der Waals surface area contributed by atoms with Crippen LogP contribution in [0.4, 0.5) is 0 Å². The molecule has 0 bridgehead atoms. The molecule has 0 unspecified atom stereocenters. The van der Waals surface area contributed by atoms with Crippen molar-refractivity contribution in [3.8, 4) is 0 Å². The standard InChI is InChI=1S/C9H22N2O3/c10-4-1-5-11-8-9(14,2-6-12)3-7-13/h11-14H,1-8,10H2. The van der Waals surface area contributed by atoms with E-state index in [0.29, 0.717) is 13.1 Å². The van der Waals surface area contributed by atoms with Gasteiger partial charge in [-0.3, -0.25) is 0 Å². The van der Waals surface area contributed by atoms with Crippen LogP contribution in [0.25, 0.3) is 0 Å². The summed E-state index contributed by atoms with van der Waals surface area (Å²) in [6, 6.07) is 0. The number of aliphatic hydroxyl groups excluding tert-OH is 2. The van der Waals surface area contributed by atoms with Crippen molar-refractivity contribution >= 4 is 0 Å². The van der Waals surface area contributed by atoms with Gasteiger partial charge in [-0.15, -0.1) is 0 Å². The molecule has 0 amide bonds. The molecule has 0 rings (SSSR count). The number of hydrogen-bond donors (Lipinski definition) is 5. The molecule has 0 spiro atoms. The Kier molecular flexibility index (Phi) is 8.02. The van der Waals surface area contributed by atoms with Gasteiger partial charge in [0.25, 0.3) is 0 Å². The molecule has 5 heteroatoms. The van der Waals surface area contributed by atoms with E-state index < -0.39 is 5.60 Å². The fraction of sp³-hybridized carbons (Fsp3) is 1.00. The summed E-state index contributed by atoms with van der Waals surface area (Å²) >= 11 is 0. The fourth-order valence-electron chi connectivity index (χ4n) is 1.27. The number of aliphatic hydroxyl groups is 3. The summed E-state index contributed by atoms with van der Waals surface area (Å²) in [7, 11) is 0. The molecule has 0 atom stereocenters. The van der Waals surface area contributed by atoms with Crippen LogP contribution < -0.4 is 11.1 Å². The molecular weight excluding hydrogens is 184 g/mol. The van der Waals surface area contributed by atoms with E-state index in [1.807, 2.05) is 0 Å². The Morgan fingerprint density at radius 2 is 1.71 bits per heavy atom. The van der Waals surface area contributed by atoms with Crippen molar-refractivity contribution < 1.29 is 15.3 Å². The summed E-state index contributed by atoms with van der Waals surface area (Å²) in [5.74, 6) is 0. The van der Waals surface area contributed by atoms with Gasteiger partial charge in [-0.25, -0.2) is 0 Å². The maximum atomic E-state index is 9.90. The molecule has 0 aliphatic carbocycles. The third-order valence-electron chi connectivity index (χ3n) is 2.17. The Balaban J connectivity index is 3.71. The van der Waals surface area contributed by atoms with E-state index in [2.05, 4.69) is 5.32 Å². The molecule has 5 nitrogen and oxygen atoms in total. The summed E-state index contributed by atoms with van der Waals surface area (Å²) in [5.41, 5.74) is 4.31. The topological polar surface area (TPSA) is 98.7 Å². The normalized spacial score (nSPS) is 12.0. The second-order valence-corrected chi connectivity index (χ2v) is 3.49. The van der Waals surface area contributed by atoms with Crippen LogP contribution in [0.15, 0.2) is 0 Å². The second-order valence-electron chi connectivity index (χ2n) is 3.49. The van der Waals surface area contributed by atoms with Gasteiger partial charge in [0.05, 0.1) is 5.60 Å². The van der Waals surface area contributed by atoms with E-state index in [9.17, 15) is 5.11 Å². The molecule has 14 heavy (non-hydrogen) atoms. The highest BCUT2D eigenvalue weighted by Crippen LogP contribution is 2.13. The quantitative estimate of drug-likeness (QED) is 0.293. The smallest absolute Gasteiger partial charge is 0.0815 e. The molecule has 0 saturated heterocycles. The maximum Gasteiger partial charge on any atom is 0.0815 e. The molecule has 86 valence electrons. The molecule has 0 heterocycles. The molecular formula is C9H22N2O3. The summed E-state index contributed by atoms with van der Waals surface area (Å²) in [6.45, 7) is 1.60. The second kappa shape index (κ2) is 8.14. The summed E-state index contributed by atoms with van der Waals surface area (Å²) < 4.78 is 0. The van der Waals surface area contributed by atoms with Crippen molar-refractivity contribution in [1.29, 1.82) is 0 Å². The Bertz CT molecular complexity index is 127. The summed E-state index contributed by atoms with van der Waals surface area (Å²) in [6.07, 6.45) is 1.42. The van der Waals surface area contributed by atoms with Crippen molar-refractivity contribution in [3.63, 3.8) is 0 Å². The zero-order chi connectivity index (χ0) is 10.9. The zero-order valence-corrected chi connectivity index (χ0v) is 8.58. The van der Waals surface area contributed by atoms with Gasteiger partial charge in [-0.1, -0.05) is 0 Å². The van der Waals surface area contributed by atoms with Crippen LogP contribution >= 0.6 is 0 Å². The van der Waals surface area contributed by atoms with Crippen LogP contribution in [0.5, 0.6) is 0 Å². The van der Waals surface area contributed by atoms with Crippen LogP contribution in [0.3, 0.4) is 0 Å². The minimum Gasteiger partial charge on any atom is -0.396 e. The van der Waals surface area contributed by atoms with Gasteiger partial charge in [-0.2, -0.15) is 0 Å². The zero-order valence-electron chi connectivity index (χ0n) is 8.58. The lowest BCUT2D eigenvalue weighted by Gasteiger charge is -2.27. The van der Waals surface area contributed by atoms with E-state index in [4.69, 9.17) is 15.9 Å². The Hall–Kier alpha value is -0.200. The third-order valence-corrected chi connectivity index (χ3v) is 2.17. The number of rotatable bonds is 9. The van der Waals surface area contributed by atoms with Crippen LogP contribution in [0.2, 0.25) is 0 Å². The van der Waals surface area contributed by atoms with Gasteiger partial charge in [0.2, 0.25) is 0 Å². The monoisotopic (exact) mass is 206 g/mol. The van der Waals surface area contributed by atoms with Crippen LogP contribution in [-0.2, 0) is 0 Å². The minimum atomic E-state index is -1.00. The molecule has 0 aliphatic heterocycles. The lowest BCUT2D eigenvalue weighted by molar-refractivity contribution is -0.00396. The van der Waals surface area contributed by atoms with Gasteiger partial charge in [0.1, 0.15) is 0 Å². The SMILES string of the molecule is NCCCNCC(O)(CCO)CCO. The van der Waals surface area contributed by atoms with E-state index in [0.717, 1.165) is 13.0 Å². The van der Waals surface area contributed by atoms with E-state index >= 15 is 0 Å². The van der Waals surface area contributed by atoms with Crippen LogP contribution in [0, 0.1) is 0 Å². The van der Waals surface area contributed by atoms with E-state index in [1.54, 1.807) is 0 Å². The highest BCUT2D eigenvalue weighted by Gasteiger charge is 2.24. The first kappa shape index (κ1) is 13.8. The summed E-state index contributed by atoms with van der Waals surface area (Å²) in [5, 5.41) is 30.4. The Labute approximate surface area is 84.9 Å². The van der Waals surface area contributed by atoms with Crippen LogP contribution in [-0.4, -0.2) is 53.8 Å². The molecule has 0 aromatic rings. The number of nitrogens with one attached hydrogen (secondary N) is 1. The molecule has 6 N–H and O–H groups in total. The van der Waals surface area contributed by atoms with Crippen LogP contribution in [0.1, 0.15) is 19.3 Å². The molecule has 0 saturated carbocycles. The van der Waals surface area contributed by atoms with Gasteiger partial charge < -0.3 is 26.4 Å². The van der Waals surface area contributed by atoms with Crippen molar-refractivity contribution in [1.82, 2.24) is 5.32 Å². The summed E-state index contributed by atoms with van der Waals surface area (Å²) in [4.78, 5) is 0. The predicted molar refractivity (Wildman–Crippen MR) is 54.9 cm³/mol. The molecule has 0 aromatic carbocycles. The largest absolute Gasteiger partial charge is 0.396 e. The molecule has 0 aliphatic rings. The Morgan fingerprint density at radius 3 is 2.14 bits per heavy atom. The fourth-order valence-corrected chi connectivity index (χ4v) is 1.27.